The van der Waals surface area contributed by atoms with Crippen molar-refractivity contribution in [1.82, 2.24) is 4.57 Å². The second-order valence-corrected chi connectivity index (χ2v) is 9.36. The fraction of sp³-hybridized carbons (Fsp3) is 0.125. The Morgan fingerprint density at radius 1 is 0.968 bits per heavy atom. The highest BCUT2D eigenvalue weighted by Crippen LogP contribution is 2.25. The van der Waals surface area contributed by atoms with E-state index in [0.717, 1.165) is 5.56 Å². The number of halogens is 1. The second kappa shape index (κ2) is 8.57. The predicted molar refractivity (Wildman–Crippen MR) is 122 cm³/mol. The molecule has 4 aromatic rings. The summed E-state index contributed by atoms with van der Waals surface area (Å²) in [5.41, 5.74) is 1.05. The summed E-state index contributed by atoms with van der Waals surface area (Å²) >= 11 is 5.91. The van der Waals surface area contributed by atoms with Crippen LogP contribution >= 0.6 is 11.6 Å². The quantitative estimate of drug-likeness (QED) is 0.415. The number of ether oxygens (including phenoxy) is 1. The van der Waals surface area contributed by atoms with Gasteiger partial charge in [-0.3, -0.25) is 4.79 Å². The molecule has 5 nitrogen and oxygen atoms in total. The van der Waals surface area contributed by atoms with E-state index in [1.165, 1.54) is 30.5 Å². The Labute approximate surface area is 185 Å². The van der Waals surface area contributed by atoms with Crippen molar-refractivity contribution in [3.63, 3.8) is 0 Å². The van der Waals surface area contributed by atoms with Crippen molar-refractivity contribution in [2.24, 2.45) is 0 Å². The highest BCUT2D eigenvalue weighted by Gasteiger charge is 2.24. The predicted octanol–water partition coefficient (Wildman–Crippen LogP) is 4.93. The van der Waals surface area contributed by atoms with Crippen LogP contribution in [0.15, 0.2) is 93.6 Å². The summed E-state index contributed by atoms with van der Waals surface area (Å²) in [4.78, 5) is 13.0. The minimum atomic E-state index is -4.05. The molecule has 0 aliphatic carbocycles. The highest BCUT2D eigenvalue weighted by atomic mass is 35.5. The number of pyridine rings is 1. The van der Waals surface area contributed by atoms with Gasteiger partial charge in [0.2, 0.25) is 15.3 Å². The zero-order chi connectivity index (χ0) is 22.0. The molecule has 0 radical (unpaired) electrons. The van der Waals surface area contributed by atoms with Gasteiger partial charge >= 0.3 is 0 Å². The standard InChI is InChI=1S/C24H20ClNO4S/c1-2-30-19-10-13-22-21(14-19)24(27)23(16-26(22)15-17-6-4-3-5-7-17)31(28,29)20-11-8-18(25)9-12-20/h3-14,16H,2,15H2,1H3. The smallest absolute Gasteiger partial charge is 0.211 e. The molecule has 0 saturated heterocycles. The van der Waals surface area contributed by atoms with Crippen molar-refractivity contribution in [2.75, 3.05) is 6.61 Å². The van der Waals surface area contributed by atoms with E-state index in [1.807, 2.05) is 37.3 Å². The van der Waals surface area contributed by atoms with Gasteiger partial charge in [-0.2, -0.15) is 0 Å². The minimum absolute atomic E-state index is 0.0144. The second-order valence-electron chi connectivity index (χ2n) is 7.01. The molecule has 31 heavy (non-hydrogen) atoms. The highest BCUT2D eigenvalue weighted by molar-refractivity contribution is 7.91. The van der Waals surface area contributed by atoms with Crippen LogP contribution in [0.3, 0.4) is 0 Å². The SMILES string of the molecule is CCOc1ccc2c(c1)c(=O)c(S(=O)(=O)c1ccc(Cl)cc1)cn2Cc1ccccc1. The lowest BCUT2D eigenvalue weighted by atomic mass is 10.1. The van der Waals surface area contributed by atoms with Gasteiger partial charge in [-0.25, -0.2) is 8.42 Å². The maximum absolute atomic E-state index is 13.3. The average Bonchev–Trinajstić information content (AvgIpc) is 2.77. The van der Waals surface area contributed by atoms with Crippen molar-refractivity contribution in [1.29, 1.82) is 0 Å². The molecule has 0 saturated carbocycles. The molecule has 1 heterocycles. The lowest BCUT2D eigenvalue weighted by Gasteiger charge is -2.15. The van der Waals surface area contributed by atoms with E-state index in [-0.39, 0.29) is 15.2 Å². The van der Waals surface area contributed by atoms with Crippen LogP contribution < -0.4 is 10.2 Å². The molecule has 0 aliphatic rings. The van der Waals surface area contributed by atoms with Crippen LogP contribution in [0.5, 0.6) is 5.75 Å². The number of rotatable bonds is 6. The van der Waals surface area contributed by atoms with Crippen molar-refractivity contribution < 1.29 is 13.2 Å². The number of benzene rings is 3. The van der Waals surface area contributed by atoms with Crippen molar-refractivity contribution in [3.8, 4) is 5.75 Å². The summed E-state index contributed by atoms with van der Waals surface area (Å²) in [6.45, 7) is 2.69. The lowest BCUT2D eigenvalue weighted by molar-refractivity contribution is 0.340. The van der Waals surface area contributed by atoms with E-state index in [1.54, 1.807) is 22.8 Å². The molecule has 0 unspecified atom stereocenters. The first kappa shape index (κ1) is 21.2. The van der Waals surface area contributed by atoms with Crippen LogP contribution in [0, 0.1) is 0 Å². The van der Waals surface area contributed by atoms with E-state index in [0.29, 0.717) is 29.4 Å². The maximum atomic E-state index is 13.3. The molecule has 7 heteroatoms. The summed E-state index contributed by atoms with van der Waals surface area (Å²) in [6, 6.07) is 20.6. The third-order valence-corrected chi connectivity index (χ3v) is 6.95. The summed E-state index contributed by atoms with van der Waals surface area (Å²) in [5, 5.41) is 0.706. The molecule has 0 amide bonds. The normalized spacial score (nSPS) is 11.5. The van der Waals surface area contributed by atoms with Gasteiger partial charge in [0.15, 0.2) is 0 Å². The summed E-state index contributed by atoms with van der Waals surface area (Å²) in [5.74, 6) is 0.513. The number of nitrogens with zero attached hydrogens (tertiary/aromatic N) is 1. The third-order valence-electron chi connectivity index (χ3n) is 4.94. The molecule has 0 atom stereocenters. The van der Waals surface area contributed by atoms with E-state index in [4.69, 9.17) is 16.3 Å². The number of hydrogen-bond donors (Lipinski definition) is 0. The molecular weight excluding hydrogens is 434 g/mol. The van der Waals surface area contributed by atoms with Crippen LogP contribution in [-0.4, -0.2) is 19.6 Å². The zero-order valence-electron chi connectivity index (χ0n) is 16.8. The first-order chi connectivity index (χ1) is 14.9. The number of aromatic nitrogens is 1. The Kier molecular flexibility index (Phi) is 5.85. The first-order valence-corrected chi connectivity index (χ1v) is 11.6. The van der Waals surface area contributed by atoms with Gasteiger partial charge in [-0.05, 0) is 55.0 Å². The van der Waals surface area contributed by atoms with Gasteiger partial charge in [0, 0.05) is 17.8 Å². The van der Waals surface area contributed by atoms with Gasteiger partial charge in [0.25, 0.3) is 0 Å². The summed E-state index contributed by atoms with van der Waals surface area (Å²) in [7, 11) is -4.05. The van der Waals surface area contributed by atoms with E-state index < -0.39 is 15.3 Å². The summed E-state index contributed by atoms with van der Waals surface area (Å²) < 4.78 is 34.0. The Hall–Kier alpha value is -3.09. The largest absolute Gasteiger partial charge is 0.494 e. The molecule has 0 N–H and O–H groups in total. The van der Waals surface area contributed by atoms with Crippen LogP contribution in [0.2, 0.25) is 5.02 Å². The van der Waals surface area contributed by atoms with Crippen molar-refractivity contribution in [3.05, 3.63) is 99.8 Å². The monoisotopic (exact) mass is 453 g/mol. The average molecular weight is 454 g/mol. The molecule has 1 aromatic heterocycles. The minimum Gasteiger partial charge on any atom is -0.494 e. The molecule has 0 spiro atoms. The van der Waals surface area contributed by atoms with Crippen molar-refractivity contribution in [2.45, 2.75) is 23.3 Å². The summed E-state index contributed by atoms with van der Waals surface area (Å²) in [6.07, 6.45) is 1.42. The van der Waals surface area contributed by atoms with Gasteiger partial charge in [0.05, 0.1) is 22.4 Å². The van der Waals surface area contributed by atoms with Crippen molar-refractivity contribution >= 4 is 32.3 Å². The Bertz CT molecular complexity index is 1400. The van der Waals surface area contributed by atoms with Gasteiger partial charge in [-0.1, -0.05) is 41.9 Å². The van der Waals surface area contributed by atoms with Gasteiger partial charge in [0.1, 0.15) is 10.6 Å². The molecule has 0 bridgehead atoms. The van der Waals surface area contributed by atoms with Crippen LogP contribution in [0.25, 0.3) is 10.9 Å². The molecule has 0 fully saturated rings. The Morgan fingerprint density at radius 2 is 1.68 bits per heavy atom. The molecule has 4 rings (SSSR count). The molecular formula is C24H20ClNO4S. The first-order valence-electron chi connectivity index (χ1n) is 9.74. The van der Waals surface area contributed by atoms with Crippen LogP contribution in [0.4, 0.5) is 0 Å². The van der Waals surface area contributed by atoms with Crippen LogP contribution in [-0.2, 0) is 16.4 Å². The van der Waals surface area contributed by atoms with Gasteiger partial charge in [-0.15, -0.1) is 0 Å². The number of hydrogen-bond acceptors (Lipinski definition) is 4. The lowest BCUT2D eigenvalue weighted by Crippen LogP contribution is -2.19. The molecule has 158 valence electrons. The number of sulfone groups is 1. The maximum Gasteiger partial charge on any atom is 0.211 e. The van der Waals surface area contributed by atoms with Crippen LogP contribution in [0.1, 0.15) is 12.5 Å². The fourth-order valence-electron chi connectivity index (χ4n) is 3.45. The number of fused-ring (bicyclic) bond motifs is 1. The Morgan fingerprint density at radius 3 is 2.35 bits per heavy atom. The van der Waals surface area contributed by atoms with Gasteiger partial charge < -0.3 is 9.30 Å². The topological polar surface area (TPSA) is 65.4 Å². The molecule has 3 aromatic carbocycles. The van der Waals surface area contributed by atoms with E-state index in [9.17, 15) is 13.2 Å². The van der Waals surface area contributed by atoms with E-state index >= 15 is 0 Å². The zero-order valence-corrected chi connectivity index (χ0v) is 18.4. The third kappa shape index (κ3) is 4.22. The Balaban J connectivity index is 1.97. The molecule has 0 aliphatic heterocycles. The van der Waals surface area contributed by atoms with E-state index in [2.05, 4.69) is 0 Å². The fourth-order valence-corrected chi connectivity index (χ4v) is 4.94.